The number of hydrogen-bond donors (Lipinski definition) is 1. The largest absolute Gasteiger partial charge is 0.322 e. The number of benzene rings is 2. The summed E-state index contributed by atoms with van der Waals surface area (Å²) in [7, 11) is 0. The Morgan fingerprint density at radius 1 is 0.905 bits per heavy atom. The van der Waals surface area contributed by atoms with Crippen molar-refractivity contribution in [3.8, 4) is 0 Å². The molecule has 0 spiro atoms. The van der Waals surface area contributed by atoms with Crippen LogP contribution in [0.25, 0.3) is 11.0 Å². The molecular formula is C15H9Cl2N3O. The summed E-state index contributed by atoms with van der Waals surface area (Å²) in [5.41, 5.74) is 2.30. The van der Waals surface area contributed by atoms with Gasteiger partial charge in [-0.3, -0.25) is 4.79 Å². The van der Waals surface area contributed by atoms with Crippen LogP contribution in [0, 0.1) is 0 Å². The predicted octanol–water partition coefficient (Wildman–Crippen LogP) is 4.19. The summed E-state index contributed by atoms with van der Waals surface area (Å²) in [5.74, 6) is -0.226. The molecule has 3 rings (SSSR count). The molecule has 0 aliphatic carbocycles. The van der Waals surface area contributed by atoms with Crippen molar-refractivity contribution in [1.29, 1.82) is 0 Å². The average Bonchev–Trinajstić information content (AvgIpc) is 2.49. The normalized spacial score (nSPS) is 10.6. The van der Waals surface area contributed by atoms with Gasteiger partial charge in [0.2, 0.25) is 0 Å². The summed E-state index contributed by atoms with van der Waals surface area (Å²) in [4.78, 5) is 20.4. The Bertz CT molecular complexity index is 822. The number of nitrogens with one attached hydrogen (secondary N) is 1. The van der Waals surface area contributed by atoms with E-state index in [-0.39, 0.29) is 16.2 Å². The van der Waals surface area contributed by atoms with Gasteiger partial charge in [-0.15, -0.1) is 0 Å². The van der Waals surface area contributed by atoms with Crippen LogP contribution < -0.4 is 5.32 Å². The number of amides is 1. The third-order valence-corrected chi connectivity index (χ3v) is 3.50. The minimum absolute atomic E-state index is 0.116. The number of anilines is 1. The number of rotatable bonds is 2. The van der Waals surface area contributed by atoms with Crippen LogP contribution in [-0.4, -0.2) is 15.9 Å². The Labute approximate surface area is 130 Å². The van der Waals surface area contributed by atoms with Crippen molar-refractivity contribution in [1.82, 2.24) is 9.97 Å². The van der Waals surface area contributed by atoms with Crippen LogP contribution in [0.3, 0.4) is 0 Å². The fraction of sp³-hybridized carbons (Fsp3) is 0. The smallest absolute Gasteiger partial charge is 0.255 e. The van der Waals surface area contributed by atoms with E-state index in [1.54, 1.807) is 18.2 Å². The predicted molar refractivity (Wildman–Crippen MR) is 84.0 cm³/mol. The number of carbonyl (C=O) groups is 1. The van der Waals surface area contributed by atoms with E-state index < -0.39 is 0 Å². The van der Waals surface area contributed by atoms with Crippen LogP contribution in [0.4, 0.5) is 5.69 Å². The van der Waals surface area contributed by atoms with Gasteiger partial charge in [0.25, 0.3) is 5.91 Å². The monoisotopic (exact) mass is 317 g/mol. The third kappa shape index (κ3) is 2.96. The van der Waals surface area contributed by atoms with Crippen LogP contribution in [0.15, 0.2) is 48.5 Å². The highest BCUT2D eigenvalue weighted by atomic mass is 35.5. The van der Waals surface area contributed by atoms with Crippen LogP contribution in [0.5, 0.6) is 0 Å². The van der Waals surface area contributed by atoms with Gasteiger partial charge in [0.1, 0.15) is 0 Å². The lowest BCUT2D eigenvalue weighted by molar-refractivity contribution is 0.102. The number of halogens is 2. The van der Waals surface area contributed by atoms with Gasteiger partial charge in [-0.1, -0.05) is 41.4 Å². The first-order chi connectivity index (χ1) is 10.1. The quantitative estimate of drug-likeness (QED) is 0.771. The molecular weight excluding hydrogens is 309 g/mol. The van der Waals surface area contributed by atoms with Crippen molar-refractivity contribution in [3.05, 3.63) is 64.4 Å². The van der Waals surface area contributed by atoms with Crippen LogP contribution >= 0.6 is 23.2 Å². The second-order valence-electron chi connectivity index (χ2n) is 4.33. The summed E-state index contributed by atoms with van der Waals surface area (Å²) in [6, 6.07) is 14.2. The number of carbonyl (C=O) groups excluding carboxylic acids is 1. The summed E-state index contributed by atoms with van der Waals surface area (Å²) in [6.45, 7) is 0. The minimum Gasteiger partial charge on any atom is -0.322 e. The zero-order valence-electron chi connectivity index (χ0n) is 10.7. The van der Waals surface area contributed by atoms with E-state index in [2.05, 4.69) is 15.3 Å². The fourth-order valence-corrected chi connectivity index (χ4v) is 2.14. The van der Waals surface area contributed by atoms with Gasteiger partial charge in [0, 0.05) is 11.3 Å². The summed E-state index contributed by atoms with van der Waals surface area (Å²) >= 11 is 11.7. The second kappa shape index (κ2) is 5.68. The molecule has 1 heterocycles. The highest BCUT2D eigenvalue weighted by Gasteiger charge is 2.10. The van der Waals surface area contributed by atoms with E-state index in [1.807, 2.05) is 30.3 Å². The summed E-state index contributed by atoms with van der Waals surface area (Å²) in [6.07, 6.45) is 0. The first-order valence-corrected chi connectivity index (χ1v) is 6.88. The molecule has 0 saturated carbocycles. The van der Waals surface area contributed by atoms with E-state index >= 15 is 0 Å². The molecule has 6 heteroatoms. The maximum atomic E-state index is 12.2. The SMILES string of the molecule is O=C(Nc1ccccc1)c1ccc2nc(Cl)c(Cl)nc2c1. The lowest BCUT2D eigenvalue weighted by Gasteiger charge is -2.06. The molecule has 0 bridgehead atoms. The molecule has 0 aliphatic heterocycles. The van der Waals surface area contributed by atoms with Crippen LogP contribution in [0.1, 0.15) is 10.4 Å². The maximum Gasteiger partial charge on any atom is 0.255 e. The van der Waals surface area contributed by atoms with E-state index in [0.717, 1.165) is 5.69 Å². The first kappa shape index (κ1) is 13.8. The van der Waals surface area contributed by atoms with Gasteiger partial charge < -0.3 is 5.32 Å². The first-order valence-electron chi connectivity index (χ1n) is 6.13. The molecule has 1 aromatic heterocycles. The van der Waals surface area contributed by atoms with Crippen LogP contribution in [-0.2, 0) is 0 Å². The molecule has 0 unspecified atom stereocenters. The zero-order valence-corrected chi connectivity index (χ0v) is 12.2. The number of aromatic nitrogens is 2. The molecule has 3 aromatic rings. The standard InChI is InChI=1S/C15H9Cl2N3O/c16-13-14(17)20-12-8-9(6-7-11(12)19-13)15(21)18-10-4-2-1-3-5-10/h1-8H,(H,18,21). The molecule has 21 heavy (non-hydrogen) atoms. The molecule has 0 aliphatic rings. The lowest BCUT2D eigenvalue weighted by atomic mass is 10.1. The summed E-state index contributed by atoms with van der Waals surface area (Å²) in [5, 5.41) is 3.06. The maximum absolute atomic E-state index is 12.2. The molecule has 2 aromatic carbocycles. The number of hydrogen-bond acceptors (Lipinski definition) is 3. The highest BCUT2D eigenvalue weighted by Crippen LogP contribution is 2.22. The molecule has 104 valence electrons. The van der Waals surface area contributed by atoms with Crippen molar-refractivity contribution in [3.63, 3.8) is 0 Å². The number of nitrogens with zero attached hydrogens (tertiary/aromatic N) is 2. The topological polar surface area (TPSA) is 54.9 Å². The number of para-hydroxylation sites is 1. The molecule has 4 nitrogen and oxygen atoms in total. The van der Waals surface area contributed by atoms with Gasteiger partial charge in [-0.05, 0) is 30.3 Å². The van der Waals surface area contributed by atoms with Crippen LogP contribution in [0.2, 0.25) is 10.3 Å². The van der Waals surface area contributed by atoms with Crippen molar-refractivity contribution in [2.75, 3.05) is 5.32 Å². The van der Waals surface area contributed by atoms with E-state index in [4.69, 9.17) is 23.2 Å². The zero-order chi connectivity index (χ0) is 14.8. The van der Waals surface area contributed by atoms with Crippen molar-refractivity contribution in [2.24, 2.45) is 0 Å². The van der Waals surface area contributed by atoms with Gasteiger partial charge >= 0.3 is 0 Å². The molecule has 0 atom stereocenters. The third-order valence-electron chi connectivity index (χ3n) is 2.88. The molecule has 1 N–H and O–H groups in total. The lowest BCUT2D eigenvalue weighted by Crippen LogP contribution is -2.11. The Balaban J connectivity index is 1.93. The van der Waals surface area contributed by atoms with Gasteiger partial charge in [-0.25, -0.2) is 9.97 Å². The average molecular weight is 318 g/mol. The summed E-state index contributed by atoms with van der Waals surface area (Å²) < 4.78 is 0. The van der Waals surface area contributed by atoms with E-state index in [0.29, 0.717) is 16.6 Å². The Morgan fingerprint density at radius 2 is 1.57 bits per heavy atom. The second-order valence-corrected chi connectivity index (χ2v) is 5.04. The van der Waals surface area contributed by atoms with Gasteiger partial charge in [0.05, 0.1) is 11.0 Å². The number of fused-ring (bicyclic) bond motifs is 1. The highest BCUT2D eigenvalue weighted by molar-refractivity contribution is 6.40. The fourth-order valence-electron chi connectivity index (χ4n) is 1.88. The van der Waals surface area contributed by atoms with E-state index in [1.165, 1.54) is 0 Å². The molecule has 0 fully saturated rings. The molecule has 0 radical (unpaired) electrons. The van der Waals surface area contributed by atoms with Crippen molar-refractivity contribution in [2.45, 2.75) is 0 Å². The van der Waals surface area contributed by atoms with Crippen molar-refractivity contribution >= 4 is 45.8 Å². The van der Waals surface area contributed by atoms with Crippen molar-refractivity contribution < 1.29 is 4.79 Å². The molecule has 1 amide bonds. The van der Waals surface area contributed by atoms with E-state index in [9.17, 15) is 4.79 Å². The Hall–Kier alpha value is -2.17. The van der Waals surface area contributed by atoms with Gasteiger partial charge in [0.15, 0.2) is 10.3 Å². The van der Waals surface area contributed by atoms with Gasteiger partial charge in [-0.2, -0.15) is 0 Å². The minimum atomic E-state index is -0.226. The Kier molecular flexibility index (Phi) is 3.73. The Morgan fingerprint density at radius 3 is 2.29 bits per heavy atom. The molecule has 0 saturated heterocycles.